The number of nitrogens with zero attached hydrogens (tertiary/aromatic N) is 4. The lowest BCUT2D eigenvalue weighted by Gasteiger charge is -2.29. The molecule has 170 valence electrons. The number of benzene rings is 1. The number of aromatic nitrogens is 4. The second-order valence-electron chi connectivity index (χ2n) is 8.31. The molecule has 1 amide bonds. The van der Waals surface area contributed by atoms with Gasteiger partial charge in [0.05, 0.1) is 12.8 Å². The predicted octanol–water partition coefficient (Wildman–Crippen LogP) is 2.70. The van der Waals surface area contributed by atoms with Crippen LogP contribution in [0.4, 0.5) is 14.7 Å². The van der Waals surface area contributed by atoms with Crippen LogP contribution in [0.3, 0.4) is 0 Å². The van der Waals surface area contributed by atoms with E-state index >= 15 is 0 Å². The fraction of sp³-hybridized carbons (Fsp3) is 0.455. The molecule has 0 unspecified atom stereocenters. The van der Waals surface area contributed by atoms with Crippen molar-refractivity contribution < 1.29 is 18.7 Å². The fourth-order valence-electron chi connectivity index (χ4n) is 4.26. The molecule has 2 heterocycles. The molecule has 1 saturated carbocycles. The summed E-state index contributed by atoms with van der Waals surface area (Å²) < 4.78 is 30.6. The van der Waals surface area contributed by atoms with E-state index in [0.29, 0.717) is 48.6 Å². The maximum Gasteiger partial charge on any atom is 0.225 e. The largest absolute Gasteiger partial charge is 0.394 e. The van der Waals surface area contributed by atoms with Crippen LogP contribution < -0.4 is 11.1 Å². The van der Waals surface area contributed by atoms with Gasteiger partial charge in [-0.05, 0) is 44.7 Å². The molecule has 1 aliphatic rings. The first-order valence-electron chi connectivity index (χ1n) is 10.7. The quantitative estimate of drug-likeness (QED) is 0.516. The third-order valence-electron chi connectivity index (χ3n) is 6.02. The number of hydrogen-bond acceptors (Lipinski definition) is 6. The molecule has 1 aliphatic carbocycles. The Morgan fingerprint density at radius 2 is 1.94 bits per heavy atom. The molecule has 8 nitrogen and oxygen atoms in total. The number of carbonyl (C=O) groups is 1. The van der Waals surface area contributed by atoms with Gasteiger partial charge >= 0.3 is 0 Å². The van der Waals surface area contributed by atoms with Gasteiger partial charge in [0.15, 0.2) is 5.65 Å². The first-order chi connectivity index (χ1) is 15.4. The van der Waals surface area contributed by atoms with Gasteiger partial charge in [0, 0.05) is 30.0 Å². The molecular formula is C22H26F2N6O2. The summed E-state index contributed by atoms with van der Waals surface area (Å²) in [5.41, 5.74) is 6.47. The van der Waals surface area contributed by atoms with E-state index in [0.717, 1.165) is 0 Å². The van der Waals surface area contributed by atoms with Gasteiger partial charge in [-0.3, -0.25) is 4.79 Å². The lowest BCUT2D eigenvalue weighted by molar-refractivity contribution is -0.122. The Hall–Kier alpha value is -3.14. The van der Waals surface area contributed by atoms with Gasteiger partial charge in [-0.15, -0.1) is 0 Å². The Labute approximate surface area is 183 Å². The average molecular weight is 444 g/mol. The normalized spacial score (nSPS) is 19.8. The molecule has 0 saturated heterocycles. The molecule has 0 aliphatic heterocycles. The van der Waals surface area contributed by atoms with Crippen molar-refractivity contribution in [1.29, 1.82) is 0 Å². The first-order valence-corrected chi connectivity index (χ1v) is 10.7. The second kappa shape index (κ2) is 9.15. The summed E-state index contributed by atoms with van der Waals surface area (Å²) in [6.45, 7) is 1.71. The highest BCUT2D eigenvalue weighted by atomic mass is 19.1. The second-order valence-corrected chi connectivity index (χ2v) is 8.31. The van der Waals surface area contributed by atoms with Gasteiger partial charge in [0.1, 0.15) is 23.0 Å². The Morgan fingerprint density at radius 3 is 2.56 bits per heavy atom. The molecule has 1 fully saturated rings. The Balaban J connectivity index is 1.76. The van der Waals surface area contributed by atoms with Crippen LogP contribution in [0.15, 0.2) is 24.4 Å². The Kier molecular flexibility index (Phi) is 6.31. The predicted molar refractivity (Wildman–Crippen MR) is 115 cm³/mol. The maximum atomic E-state index is 14.4. The van der Waals surface area contributed by atoms with Crippen LogP contribution in [0, 0.1) is 17.6 Å². The lowest BCUT2D eigenvalue weighted by atomic mass is 9.85. The summed E-state index contributed by atoms with van der Waals surface area (Å²) in [6.07, 6.45) is 4.12. The highest BCUT2D eigenvalue weighted by Gasteiger charge is 2.29. The number of imidazole rings is 1. The monoisotopic (exact) mass is 444 g/mol. The summed E-state index contributed by atoms with van der Waals surface area (Å²) in [5.74, 6) is -0.939. The van der Waals surface area contributed by atoms with E-state index in [2.05, 4.69) is 20.3 Å². The van der Waals surface area contributed by atoms with E-state index in [1.54, 1.807) is 13.1 Å². The van der Waals surface area contributed by atoms with Crippen LogP contribution in [0.1, 0.15) is 50.0 Å². The van der Waals surface area contributed by atoms with Crippen molar-refractivity contribution in [3.05, 3.63) is 47.4 Å². The van der Waals surface area contributed by atoms with Crippen molar-refractivity contribution in [2.75, 3.05) is 11.9 Å². The number of rotatable bonds is 7. The number of nitrogens with two attached hydrogens (primary N) is 1. The maximum absolute atomic E-state index is 14.4. The van der Waals surface area contributed by atoms with Crippen molar-refractivity contribution in [3.8, 4) is 0 Å². The van der Waals surface area contributed by atoms with Crippen LogP contribution in [-0.2, 0) is 11.2 Å². The van der Waals surface area contributed by atoms with Crippen LogP contribution in [-0.4, -0.2) is 43.2 Å². The van der Waals surface area contributed by atoms with Gasteiger partial charge in [-0.25, -0.2) is 18.7 Å². The zero-order valence-corrected chi connectivity index (χ0v) is 17.8. The standard InChI is InChI=1S/C22H26F2N6O2/c1-12(11-31)27-22-26-10-18-21(29-22)30(14-7-5-13(6-8-14)20(25)32)19(28-18)9-15-16(23)3-2-4-17(15)24/h2-4,10,12-14,31H,5-9,11H2,1H3,(H2,25,32)(H,26,27,29)/t12-,13?,14?/m0/s1. The van der Waals surface area contributed by atoms with Crippen LogP contribution >= 0.6 is 0 Å². The third kappa shape index (κ3) is 4.40. The van der Waals surface area contributed by atoms with Crippen molar-refractivity contribution in [2.24, 2.45) is 11.7 Å². The number of hydrogen-bond donors (Lipinski definition) is 3. The van der Waals surface area contributed by atoms with Crippen molar-refractivity contribution >= 4 is 23.0 Å². The van der Waals surface area contributed by atoms with Gasteiger partial charge in [0.25, 0.3) is 0 Å². The first kappa shape index (κ1) is 22.1. The van der Waals surface area contributed by atoms with Crippen LogP contribution in [0.2, 0.25) is 0 Å². The molecule has 10 heteroatoms. The van der Waals surface area contributed by atoms with E-state index in [9.17, 15) is 18.7 Å². The number of halogens is 2. The number of nitrogens with one attached hydrogen (secondary N) is 1. The zero-order valence-electron chi connectivity index (χ0n) is 17.8. The molecule has 0 spiro atoms. The Morgan fingerprint density at radius 1 is 1.25 bits per heavy atom. The molecule has 2 aromatic heterocycles. The zero-order chi connectivity index (χ0) is 22.8. The summed E-state index contributed by atoms with van der Waals surface area (Å²) in [6, 6.07) is 3.48. The molecule has 1 aromatic carbocycles. The number of anilines is 1. The minimum absolute atomic E-state index is 0.0413. The van der Waals surface area contributed by atoms with E-state index in [-0.39, 0.29) is 42.5 Å². The molecule has 0 radical (unpaired) electrons. The Bertz CT molecular complexity index is 1110. The van der Waals surface area contributed by atoms with Crippen molar-refractivity contribution in [3.63, 3.8) is 0 Å². The molecule has 4 N–H and O–H groups in total. The summed E-state index contributed by atoms with van der Waals surface area (Å²) in [4.78, 5) is 25.0. The van der Waals surface area contributed by atoms with E-state index in [4.69, 9.17) is 5.73 Å². The van der Waals surface area contributed by atoms with E-state index in [1.807, 2.05) is 4.57 Å². The lowest BCUT2D eigenvalue weighted by Crippen LogP contribution is -2.29. The molecular weight excluding hydrogens is 418 g/mol. The van der Waals surface area contributed by atoms with Crippen LogP contribution in [0.25, 0.3) is 11.2 Å². The van der Waals surface area contributed by atoms with Crippen molar-refractivity contribution in [1.82, 2.24) is 19.5 Å². The molecule has 4 rings (SSSR count). The number of amides is 1. The third-order valence-corrected chi connectivity index (χ3v) is 6.02. The van der Waals surface area contributed by atoms with Gasteiger partial charge in [-0.2, -0.15) is 4.98 Å². The highest BCUT2D eigenvalue weighted by molar-refractivity contribution is 5.76. The summed E-state index contributed by atoms with van der Waals surface area (Å²) in [7, 11) is 0. The molecule has 32 heavy (non-hydrogen) atoms. The number of primary amides is 1. The molecule has 3 aromatic rings. The van der Waals surface area contributed by atoms with Crippen LogP contribution in [0.5, 0.6) is 0 Å². The fourth-order valence-corrected chi connectivity index (χ4v) is 4.26. The minimum Gasteiger partial charge on any atom is -0.394 e. The summed E-state index contributed by atoms with van der Waals surface area (Å²) in [5, 5.41) is 12.3. The average Bonchev–Trinajstić information content (AvgIpc) is 3.13. The van der Waals surface area contributed by atoms with Gasteiger partial charge < -0.3 is 20.7 Å². The molecule has 1 atom stereocenters. The van der Waals surface area contributed by atoms with Gasteiger partial charge in [-0.1, -0.05) is 6.07 Å². The SMILES string of the molecule is C[C@@H](CO)Nc1ncc2nc(Cc3c(F)cccc3F)n(C3CCC(C(N)=O)CC3)c2n1. The number of aliphatic hydroxyl groups excluding tert-OH is 1. The topological polar surface area (TPSA) is 119 Å². The summed E-state index contributed by atoms with van der Waals surface area (Å²) >= 11 is 0. The van der Waals surface area contributed by atoms with E-state index in [1.165, 1.54) is 18.2 Å². The minimum atomic E-state index is -0.633. The van der Waals surface area contributed by atoms with Gasteiger partial charge in [0.2, 0.25) is 11.9 Å². The smallest absolute Gasteiger partial charge is 0.225 e. The number of aliphatic hydroxyl groups is 1. The van der Waals surface area contributed by atoms with Crippen molar-refractivity contribution in [2.45, 2.75) is 51.1 Å². The highest BCUT2D eigenvalue weighted by Crippen LogP contribution is 2.35. The molecule has 0 bridgehead atoms. The number of fused-ring (bicyclic) bond motifs is 1. The van der Waals surface area contributed by atoms with E-state index < -0.39 is 11.6 Å². The number of carbonyl (C=O) groups excluding carboxylic acids is 1.